The summed E-state index contributed by atoms with van der Waals surface area (Å²) in [5, 5.41) is 16.4. The van der Waals surface area contributed by atoms with Gasteiger partial charge in [-0.1, -0.05) is 12.1 Å². The lowest BCUT2D eigenvalue weighted by Crippen LogP contribution is -2.15. The van der Waals surface area contributed by atoms with Crippen LogP contribution in [0.4, 0.5) is 11.6 Å². The van der Waals surface area contributed by atoms with Crippen LogP contribution in [0.5, 0.6) is 0 Å². The van der Waals surface area contributed by atoms with Gasteiger partial charge in [0.1, 0.15) is 17.7 Å². The summed E-state index contributed by atoms with van der Waals surface area (Å²) in [6, 6.07) is 17.3. The Balaban J connectivity index is 1.50. The zero-order valence-electron chi connectivity index (χ0n) is 15.0. The number of benzene rings is 1. The van der Waals surface area contributed by atoms with Gasteiger partial charge >= 0.3 is 0 Å². The van der Waals surface area contributed by atoms with E-state index in [1.807, 2.05) is 36.4 Å². The quantitative estimate of drug-likeness (QED) is 0.503. The molecule has 0 fully saturated rings. The molecule has 0 aliphatic heterocycles. The van der Waals surface area contributed by atoms with Crippen molar-refractivity contribution in [2.75, 3.05) is 23.7 Å². The summed E-state index contributed by atoms with van der Waals surface area (Å²) in [6.07, 6.45) is 5.01. The molecule has 4 aromatic rings. The van der Waals surface area contributed by atoms with Crippen molar-refractivity contribution in [1.29, 1.82) is 5.26 Å². The van der Waals surface area contributed by atoms with E-state index in [9.17, 15) is 0 Å². The van der Waals surface area contributed by atoms with Gasteiger partial charge in [-0.15, -0.1) is 0 Å². The van der Waals surface area contributed by atoms with Gasteiger partial charge in [-0.2, -0.15) is 5.26 Å². The van der Waals surface area contributed by atoms with E-state index >= 15 is 0 Å². The molecule has 2 N–H and O–H groups in total. The van der Waals surface area contributed by atoms with Crippen LogP contribution in [-0.2, 0) is 0 Å². The average molecular weight is 367 g/mol. The lowest BCUT2D eigenvalue weighted by molar-refractivity contribution is 1.04. The third kappa shape index (κ3) is 3.86. The Morgan fingerprint density at radius 2 is 1.71 bits per heavy atom. The van der Waals surface area contributed by atoms with Crippen molar-refractivity contribution < 1.29 is 0 Å². The lowest BCUT2D eigenvalue weighted by Gasteiger charge is -2.11. The van der Waals surface area contributed by atoms with Crippen LogP contribution in [0.3, 0.4) is 0 Å². The molecule has 0 atom stereocenters. The summed E-state index contributed by atoms with van der Waals surface area (Å²) in [4.78, 5) is 17.6. The SMILES string of the molecule is N#Cc1ccc(NCCNc2nc(-c3ccncc3)nc3ccccc23)nc1. The van der Waals surface area contributed by atoms with Crippen LogP contribution in [0.1, 0.15) is 5.56 Å². The molecule has 0 aliphatic rings. The summed E-state index contributed by atoms with van der Waals surface area (Å²) in [6.45, 7) is 1.31. The molecule has 0 amide bonds. The van der Waals surface area contributed by atoms with Crippen molar-refractivity contribution in [3.05, 3.63) is 72.7 Å². The van der Waals surface area contributed by atoms with E-state index in [0.29, 0.717) is 24.5 Å². The van der Waals surface area contributed by atoms with E-state index < -0.39 is 0 Å². The van der Waals surface area contributed by atoms with Gasteiger partial charge in [-0.25, -0.2) is 15.0 Å². The molecule has 3 aromatic heterocycles. The third-order valence-electron chi connectivity index (χ3n) is 4.16. The maximum absolute atomic E-state index is 8.82. The van der Waals surface area contributed by atoms with Gasteiger partial charge in [0.25, 0.3) is 0 Å². The highest BCUT2D eigenvalue weighted by molar-refractivity contribution is 5.90. The number of hydrogen-bond acceptors (Lipinski definition) is 7. The van der Waals surface area contributed by atoms with E-state index in [-0.39, 0.29) is 0 Å². The van der Waals surface area contributed by atoms with Crippen molar-refractivity contribution in [2.24, 2.45) is 0 Å². The third-order valence-corrected chi connectivity index (χ3v) is 4.16. The summed E-state index contributed by atoms with van der Waals surface area (Å²) in [7, 11) is 0. The summed E-state index contributed by atoms with van der Waals surface area (Å²) in [5.41, 5.74) is 2.34. The van der Waals surface area contributed by atoms with Gasteiger partial charge in [0.15, 0.2) is 5.82 Å². The van der Waals surface area contributed by atoms with Gasteiger partial charge in [0.05, 0.1) is 11.1 Å². The van der Waals surface area contributed by atoms with E-state index in [1.54, 1.807) is 30.7 Å². The van der Waals surface area contributed by atoms with Crippen molar-refractivity contribution >= 4 is 22.5 Å². The second-order valence-corrected chi connectivity index (χ2v) is 6.05. The predicted octanol–water partition coefficient (Wildman–Crippen LogP) is 3.48. The van der Waals surface area contributed by atoms with E-state index in [1.165, 1.54) is 0 Å². The number of aromatic nitrogens is 4. The van der Waals surface area contributed by atoms with Crippen LogP contribution in [0.2, 0.25) is 0 Å². The average Bonchev–Trinajstić information content (AvgIpc) is 2.77. The number of nitriles is 1. The van der Waals surface area contributed by atoms with Gasteiger partial charge in [0, 0.05) is 42.6 Å². The monoisotopic (exact) mass is 367 g/mol. The normalized spacial score (nSPS) is 10.4. The zero-order chi connectivity index (χ0) is 19.2. The second-order valence-electron chi connectivity index (χ2n) is 6.05. The Bertz CT molecular complexity index is 1120. The maximum atomic E-state index is 8.82. The second kappa shape index (κ2) is 8.10. The fourth-order valence-corrected chi connectivity index (χ4v) is 2.78. The molecule has 3 heterocycles. The minimum atomic E-state index is 0.541. The molecule has 1 aromatic carbocycles. The number of para-hydroxylation sites is 1. The van der Waals surface area contributed by atoms with Crippen molar-refractivity contribution in [3.63, 3.8) is 0 Å². The fraction of sp³-hybridized carbons (Fsp3) is 0.0952. The standard InChI is InChI=1S/C21H17N7/c22-13-15-5-6-19(26-14-15)24-11-12-25-21-17-3-1-2-4-18(17)27-20(28-21)16-7-9-23-10-8-16/h1-10,14H,11-12H2,(H,24,26)(H,25,27,28). The molecule has 7 nitrogen and oxygen atoms in total. The molecule has 28 heavy (non-hydrogen) atoms. The van der Waals surface area contributed by atoms with Crippen LogP contribution >= 0.6 is 0 Å². The first-order valence-corrected chi connectivity index (χ1v) is 8.84. The highest BCUT2D eigenvalue weighted by atomic mass is 15.1. The molecule has 0 spiro atoms. The maximum Gasteiger partial charge on any atom is 0.162 e. The van der Waals surface area contributed by atoms with Crippen LogP contribution < -0.4 is 10.6 Å². The number of nitrogens with zero attached hydrogens (tertiary/aromatic N) is 5. The van der Waals surface area contributed by atoms with Gasteiger partial charge < -0.3 is 10.6 Å². The fourth-order valence-electron chi connectivity index (χ4n) is 2.78. The molecular formula is C21H17N7. The molecule has 4 rings (SSSR count). The van der Waals surface area contributed by atoms with Crippen LogP contribution in [-0.4, -0.2) is 33.0 Å². The lowest BCUT2D eigenvalue weighted by atomic mass is 10.2. The van der Waals surface area contributed by atoms with E-state index in [4.69, 9.17) is 10.2 Å². The van der Waals surface area contributed by atoms with E-state index in [0.717, 1.165) is 28.1 Å². The van der Waals surface area contributed by atoms with Gasteiger partial charge in [-0.3, -0.25) is 4.98 Å². The first-order chi connectivity index (χ1) is 13.8. The molecular weight excluding hydrogens is 350 g/mol. The molecule has 136 valence electrons. The molecule has 0 radical (unpaired) electrons. The van der Waals surface area contributed by atoms with Crippen LogP contribution in [0, 0.1) is 11.3 Å². The van der Waals surface area contributed by atoms with Gasteiger partial charge in [0.2, 0.25) is 0 Å². The van der Waals surface area contributed by atoms with Crippen LogP contribution in [0.25, 0.3) is 22.3 Å². The first kappa shape index (κ1) is 17.4. The number of hydrogen-bond donors (Lipinski definition) is 2. The summed E-state index contributed by atoms with van der Waals surface area (Å²) in [5.74, 6) is 2.17. The Morgan fingerprint density at radius 3 is 2.50 bits per heavy atom. The minimum absolute atomic E-state index is 0.541. The largest absolute Gasteiger partial charge is 0.368 e. The Kier molecular flexibility index (Phi) is 5.02. The molecule has 0 saturated carbocycles. The first-order valence-electron chi connectivity index (χ1n) is 8.84. The summed E-state index contributed by atoms with van der Waals surface area (Å²) < 4.78 is 0. The molecule has 0 bridgehead atoms. The highest BCUT2D eigenvalue weighted by Crippen LogP contribution is 2.24. The number of fused-ring (bicyclic) bond motifs is 1. The van der Waals surface area contributed by atoms with Crippen molar-refractivity contribution in [3.8, 4) is 17.5 Å². The van der Waals surface area contributed by atoms with E-state index in [2.05, 4.69) is 31.7 Å². The zero-order valence-corrected chi connectivity index (χ0v) is 15.0. The van der Waals surface area contributed by atoms with Crippen LogP contribution in [0.15, 0.2) is 67.1 Å². The van der Waals surface area contributed by atoms with Crippen molar-refractivity contribution in [2.45, 2.75) is 0 Å². The molecule has 7 heteroatoms. The summed E-state index contributed by atoms with van der Waals surface area (Å²) >= 11 is 0. The molecule has 0 saturated heterocycles. The number of nitrogens with one attached hydrogen (secondary N) is 2. The predicted molar refractivity (Wildman–Crippen MR) is 109 cm³/mol. The Morgan fingerprint density at radius 1 is 0.893 bits per heavy atom. The topological polar surface area (TPSA) is 99.4 Å². The minimum Gasteiger partial charge on any atom is -0.368 e. The number of rotatable bonds is 6. The molecule has 0 aliphatic carbocycles. The Hall–Kier alpha value is -4.05. The van der Waals surface area contributed by atoms with Crippen molar-refractivity contribution in [1.82, 2.24) is 19.9 Å². The highest BCUT2D eigenvalue weighted by Gasteiger charge is 2.08. The van der Waals surface area contributed by atoms with Gasteiger partial charge in [-0.05, 0) is 36.4 Å². The number of anilines is 2. The molecule has 0 unspecified atom stereocenters. The Labute approximate surface area is 162 Å². The number of pyridine rings is 2. The smallest absolute Gasteiger partial charge is 0.162 e.